The molecule has 0 radical (unpaired) electrons. The number of benzene rings is 2. The average molecular weight is 410 g/mol. The molecule has 0 bridgehead atoms. The summed E-state index contributed by atoms with van der Waals surface area (Å²) in [6.07, 6.45) is -0.313. The van der Waals surface area contributed by atoms with Crippen molar-refractivity contribution < 1.29 is 28.8 Å². The molecule has 30 heavy (non-hydrogen) atoms. The first kappa shape index (κ1) is 20.8. The van der Waals surface area contributed by atoms with Gasteiger partial charge in [-0.1, -0.05) is 37.3 Å². The molecule has 1 aliphatic heterocycles. The molecule has 1 atom stereocenters. The summed E-state index contributed by atoms with van der Waals surface area (Å²) in [5.74, 6) is -3.18. The summed E-state index contributed by atoms with van der Waals surface area (Å²) in [6, 6.07) is 10.5. The third kappa shape index (κ3) is 3.82. The lowest BCUT2D eigenvalue weighted by molar-refractivity contribution is -0.385. The highest BCUT2D eigenvalue weighted by Crippen LogP contribution is 2.30. The normalized spacial score (nSPS) is 13.7. The number of amides is 2. The minimum Gasteiger partial charge on any atom is -0.453 e. The van der Waals surface area contributed by atoms with Crippen LogP contribution in [0, 0.1) is 10.1 Å². The first-order chi connectivity index (χ1) is 14.2. The van der Waals surface area contributed by atoms with E-state index in [4.69, 9.17) is 4.74 Å². The number of Topliss-reactive ketones (excluding diaryl/α,β-unsaturated/α-hetero) is 1. The Kier molecular flexibility index (Phi) is 5.72. The first-order valence-corrected chi connectivity index (χ1v) is 9.20. The van der Waals surface area contributed by atoms with Crippen LogP contribution in [0.2, 0.25) is 0 Å². The summed E-state index contributed by atoms with van der Waals surface area (Å²) >= 11 is 0. The third-order valence-electron chi connectivity index (χ3n) is 4.79. The van der Waals surface area contributed by atoms with E-state index >= 15 is 0 Å². The molecular weight excluding hydrogens is 392 g/mol. The Morgan fingerprint density at radius 2 is 1.77 bits per heavy atom. The number of hydrogen-bond donors (Lipinski definition) is 0. The zero-order valence-electron chi connectivity index (χ0n) is 16.3. The molecule has 0 spiro atoms. The highest BCUT2D eigenvalue weighted by atomic mass is 16.6. The summed E-state index contributed by atoms with van der Waals surface area (Å²) in [4.78, 5) is 60.6. The number of nitro benzene ring substituents is 1. The molecule has 2 aromatic carbocycles. The molecule has 9 nitrogen and oxygen atoms in total. The number of aryl methyl sites for hydroxylation is 1. The van der Waals surface area contributed by atoms with Gasteiger partial charge < -0.3 is 4.74 Å². The summed E-state index contributed by atoms with van der Waals surface area (Å²) in [5.41, 5.74) is 0.392. The van der Waals surface area contributed by atoms with Crippen LogP contribution in [0.15, 0.2) is 42.5 Å². The van der Waals surface area contributed by atoms with E-state index in [0.717, 1.165) is 18.1 Å². The van der Waals surface area contributed by atoms with Gasteiger partial charge in [-0.15, -0.1) is 0 Å². The standard InChI is InChI=1S/C21H18N2O7/c1-3-13-7-9-14(10-8-13)19(25)12(2)30-17(24)11-22-20(26)15-5-4-6-16(23(28)29)18(15)21(22)27/h4-10,12H,3,11H2,1-2H3. The van der Waals surface area contributed by atoms with Gasteiger partial charge in [0.2, 0.25) is 5.78 Å². The number of ether oxygens (including phenoxy) is 1. The van der Waals surface area contributed by atoms with Crippen molar-refractivity contribution in [2.24, 2.45) is 0 Å². The van der Waals surface area contributed by atoms with Gasteiger partial charge in [-0.25, -0.2) is 0 Å². The molecule has 2 amide bonds. The molecule has 0 saturated carbocycles. The number of carbonyl (C=O) groups is 4. The Bertz CT molecular complexity index is 1060. The van der Waals surface area contributed by atoms with Gasteiger partial charge in [0, 0.05) is 11.6 Å². The highest BCUT2D eigenvalue weighted by Gasteiger charge is 2.42. The van der Waals surface area contributed by atoms with Crippen LogP contribution >= 0.6 is 0 Å². The number of esters is 1. The summed E-state index contributed by atoms with van der Waals surface area (Å²) < 4.78 is 5.09. The lowest BCUT2D eigenvalue weighted by Crippen LogP contribution is -2.37. The van der Waals surface area contributed by atoms with Crippen LogP contribution in [0.4, 0.5) is 5.69 Å². The number of ketones is 1. The number of rotatable bonds is 7. The van der Waals surface area contributed by atoms with Crippen molar-refractivity contribution in [1.29, 1.82) is 0 Å². The fourth-order valence-corrected chi connectivity index (χ4v) is 3.17. The largest absolute Gasteiger partial charge is 0.453 e. The van der Waals surface area contributed by atoms with Crippen molar-refractivity contribution in [3.8, 4) is 0 Å². The molecule has 1 aliphatic rings. The molecule has 0 aromatic heterocycles. The highest BCUT2D eigenvalue weighted by molar-refractivity contribution is 6.24. The van der Waals surface area contributed by atoms with Crippen molar-refractivity contribution in [1.82, 2.24) is 4.90 Å². The molecule has 0 aliphatic carbocycles. The maximum Gasteiger partial charge on any atom is 0.326 e. The fourth-order valence-electron chi connectivity index (χ4n) is 3.17. The average Bonchev–Trinajstić information content (AvgIpc) is 2.98. The minimum atomic E-state index is -1.13. The number of nitro groups is 1. The van der Waals surface area contributed by atoms with Crippen LogP contribution in [0.25, 0.3) is 0 Å². The topological polar surface area (TPSA) is 124 Å². The Morgan fingerprint density at radius 1 is 1.10 bits per heavy atom. The van der Waals surface area contributed by atoms with Crippen molar-refractivity contribution in [3.63, 3.8) is 0 Å². The predicted octanol–water partition coefficient (Wildman–Crippen LogP) is 2.57. The van der Waals surface area contributed by atoms with E-state index in [2.05, 4.69) is 0 Å². The van der Waals surface area contributed by atoms with E-state index in [-0.39, 0.29) is 11.1 Å². The zero-order valence-corrected chi connectivity index (χ0v) is 16.3. The SMILES string of the molecule is CCc1ccc(C(=O)C(C)OC(=O)CN2C(=O)c3cccc([N+](=O)[O-])c3C2=O)cc1. The lowest BCUT2D eigenvalue weighted by atomic mass is 10.0. The number of hydrogen-bond acceptors (Lipinski definition) is 7. The minimum absolute atomic E-state index is 0.151. The van der Waals surface area contributed by atoms with Gasteiger partial charge in [0.05, 0.1) is 10.5 Å². The van der Waals surface area contributed by atoms with Crippen LogP contribution < -0.4 is 0 Å². The van der Waals surface area contributed by atoms with Crippen LogP contribution in [-0.4, -0.2) is 46.0 Å². The van der Waals surface area contributed by atoms with E-state index in [1.165, 1.54) is 19.1 Å². The zero-order chi connectivity index (χ0) is 22.0. The Morgan fingerprint density at radius 3 is 2.37 bits per heavy atom. The molecule has 0 fully saturated rings. The van der Waals surface area contributed by atoms with E-state index in [1.807, 2.05) is 6.92 Å². The maximum atomic E-state index is 12.5. The van der Waals surface area contributed by atoms with Gasteiger partial charge in [0.15, 0.2) is 6.10 Å². The number of carbonyl (C=O) groups excluding carboxylic acids is 4. The smallest absolute Gasteiger partial charge is 0.326 e. The molecule has 154 valence electrons. The second kappa shape index (κ2) is 8.24. The summed E-state index contributed by atoms with van der Waals surface area (Å²) in [6.45, 7) is 2.62. The van der Waals surface area contributed by atoms with E-state index < -0.39 is 46.8 Å². The van der Waals surface area contributed by atoms with Crippen molar-refractivity contribution in [2.45, 2.75) is 26.4 Å². The van der Waals surface area contributed by atoms with E-state index in [9.17, 15) is 29.3 Å². The monoisotopic (exact) mass is 410 g/mol. The molecule has 1 unspecified atom stereocenters. The quantitative estimate of drug-likeness (QED) is 0.226. The van der Waals surface area contributed by atoms with Gasteiger partial charge in [-0.05, 0) is 25.0 Å². The van der Waals surface area contributed by atoms with Crippen molar-refractivity contribution >= 4 is 29.3 Å². The van der Waals surface area contributed by atoms with Gasteiger partial charge in [0.1, 0.15) is 12.1 Å². The second-order valence-electron chi connectivity index (χ2n) is 6.70. The van der Waals surface area contributed by atoms with E-state index in [1.54, 1.807) is 24.3 Å². The third-order valence-corrected chi connectivity index (χ3v) is 4.79. The molecule has 1 heterocycles. The van der Waals surface area contributed by atoms with Gasteiger partial charge in [0.25, 0.3) is 17.5 Å². The number of fused-ring (bicyclic) bond motifs is 1. The van der Waals surface area contributed by atoms with Crippen LogP contribution in [-0.2, 0) is 16.0 Å². The van der Waals surface area contributed by atoms with E-state index in [0.29, 0.717) is 10.5 Å². The second-order valence-corrected chi connectivity index (χ2v) is 6.70. The Hall–Kier alpha value is -3.88. The molecule has 9 heteroatoms. The van der Waals surface area contributed by atoms with Crippen molar-refractivity contribution in [3.05, 3.63) is 74.8 Å². The molecule has 2 aromatic rings. The van der Waals surface area contributed by atoms with Gasteiger partial charge >= 0.3 is 5.97 Å². The molecule has 0 saturated heterocycles. The van der Waals surface area contributed by atoms with Crippen molar-refractivity contribution in [2.75, 3.05) is 6.54 Å². The molecule has 0 N–H and O–H groups in total. The molecular formula is C21H18N2O7. The fraction of sp³-hybridized carbons (Fsp3) is 0.238. The Labute approximate surface area is 171 Å². The van der Waals surface area contributed by atoms with Gasteiger partial charge in [-0.3, -0.25) is 34.2 Å². The molecule has 3 rings (SSSR count). The number of nitrogens with zero attached hydrogens (tertiary/aromatic N) is 2. The predicted molar refractivity (Wildman–Crippen MR) is 104 cm³/mol. The maximum absolute atomic E-state index is 12.5. The van der Waals surface area contributed by atoms with Gasteiger partial charge in [-0.2, -0.15) is 0 Å². The number of imide groups is 1. The Balaban J connectivity index is 1.69. The summed E-state index contributed by atoms with van der Waals surface area (Å²) in [7, 11) is 0. The first-order valence-electron chi connectivity index (χ1n) is 9.20. The summed E-state index contributed by atoms with van der Waals surface area (Å²) in [5, 5.41) is 11.1. The van der Waals surface area contributed by atoms with Crippen LogP contribution in [0.3, 0.4) is 0 Å². The van der Waals surface area contributed by atoms with Crippen LogP contribution in [0.5, 0.6) is 0 Å². The lowest BCUT2D eigenvalue weighted by Gasteiger charge is -2.16. The van der Waals surface area contributed by atoms with Crippen LogP contribution in [0.1, 0.15) is 50.5 Å².